The molecule has 0 bridgehead atoms. The predicted molar refractivity (Wildman–Crippen MR) is 68.6 cm³/mol. The highest BCUT2D eigenvalue weighted by molar-refractivity contribution is 9.10. The highest BCUT2D eigenvalue weighted by atomic mass is 79.9. The summed E-state index contributed by atoms with van der Waals surface area (Å²) in [5.74, 6) is 0.968. The minimum Gasteiger partial charge on any atom is -0.395 e. The van der Waals surface area contributed by atoms with Crippen molar-refractivity contribution < 1.29 is 5.11 Å². The van der Waals surface area contributed by atoms with Gasteiger partial charge in [0.15, 0.2) is 0 Å². The number of halogens is 1. The van der Waals surface area contributed by atoms with Crippen molar-refractivity contribution in [1.29, 1.82) is 0 Å². The van der Waals surface area contributed by atoms with Crippen LogP contribution in [0.25, 0.3) is 0 Å². The minimum atomic E-state index is 0.185. The fourth-order valence-electron chi connectivity index (χ4n) is 2.37. The first-order chi connectivity index (χ1) is 7.81. The van der Waals surface area contributed by atoms with Crippen molar-refractivity contribution in [2.24, 2.45) is 0 Å². The molecule has 0 spiro atoms. The second kappa shape index (κ2) is 5.64. The summed E-state index contributed by atoms with van der Waals surface area (Å²) in [6.07, 6.45) is 5.02. The molecule has 1 saturated carbocycles. The third-order valence-electron chi connectivity index (χ3n) is 3.10. The molecule has 1 aliphatic rings. The van der Waals surface area contributed by atoms with Gasteiger partial charge in [0, 0.05) is 12.6 Å². The van der Waals surface area contributed by atoms with Crippen molar-refractivity contribution in [3.63, 3.8) is 0 Å². The van der Waals surface area contributed by atoms with Gasteiger partial charge in [-0.1, -0.05) is 18.9 Å². The molecule has 3 nitrogen and oxygen atoms in total. The Labute approximate surface area is 105 Å². The van der Waals surface area contributed by atoms with Crippen LogP contribution in [0.1, 0.15) is 25.7 Å². The molecule has 0 amide bonds. The standard InChI is InChI=1S/C12H17BrN2O/c13-11-6-3-7-12(14-11)15(8-9-16)10-4-1-2-5-10/h3,6-7,10,16H,1-2,4-5,8-9H2. The first-order valence-electron chi connectivity index (χ1n) is 5.81. The van der Waals surface area contributed by atoms with Crippen molar-refractivity contribution in [2.45, 2.75) is 31.7 Å². The van der Waals surface area contributed by atoms with Crippen LogP contribution in [-0.4, -0.2) is 29.3 Å². The number of hydrogen-bond acceptors (Lipinski definition) is 3. The maximum atomic E-state index is 9.15. The van der Waals surface area contributed by atoms with Gasteiger partial charge in [0.05, 0.1) is 6.61 Å². The van der Waals surface area contributed by atoms with Crippen LogP contribution >= 0.6 is 15.9 Å². The number of rotatable bonds is 4. The molecule has 1 aliphatic carbocycles. The highest BCUT2D eigenvalue weighted by Gasteiger charge is 2.23. The van der Waals surface area contributed by atoms with E-state index in [4.69, 9.17) is 5.11 Å². The number of pyridine rings is 1. The Kier molecular flexibility index (Phi) is 4.18. The summed E-state index contributed by atoms with van der Waals surface area (Å²) >= 11 is 3.39. The van der Waals surface area contributed by atoms with Gasteiger partial charge in [0.2, 0.25) is 0 Å². The normalized spacial score (nSPS) is 16.6. The summed E-state index contributed by atoms with van der Waals surface area (Å²) in [4.78, 5) is 6.70. The molecule has 0 unspecified atom stereocenters. The summed E-state index contributed by atoms with van der Waals surface area (Å²) in [6, 6.07) is 6.48. The number of nitrogens with zero attached hydrogens (tertiary/aromatic N) is 2. The maximum absolute atomic E-state index is 9.15. The average Bonchev–Trinajstić information content (AvgIpc) is 2.79. The Morgan fingerprint density at radius 3 is 2.75 bits per heavy atom. The third-order valence-corrected chi connectivity index (χ3v) is 3.54. The number of aliphatic hydroxyl groups excluding tert-OH is 1. The number of anilines is 1. The lowest BCUT2D eigenvalue weighted by Crippen LogP contribution is -2.36. The SMILES string of the molecule is OCCN(c1cccc(Br)n1)C1CCCC1. The van der Waals surface area contributed by atoms with E-state index in [0.717, 1.165) is 10.4 Å². The molecule has 2 rings (SSSR count). The van der Waals surface area contributed by atoms with Crippen LogP contribution < -0.4 is 4.90 Å². The van der Waals surface area contributed by atoms with Crippen molar-refractivity contribution in [1.82, 2.24) is 4.98 Å². The van der Waals surface area contributed by atoms with Crippen LogP contribution in [0.4, 0.5) is 5.82 Å². The zero-order valence-corrected chi connectivity index (χ0v) is 10.9. The van der Waals surface area contributed by atoms with Gasteiger partial charge in [-0.15, -0.1) is 0 Å². The summed E-state index contributed by atoms with van der Waals surface area (Å²) in [6.45, 7) is 0.860. The van der Waals surface area contributed by atoms with E-state index >= 15 is 0 Å². The molecule has 1 aromatic heterocycles. The number of aromatic nitrogens is 1. The van der Waals surface area contributed by atoms with Crippen LogP contribution in [0, 0.1) is 0 Å². The molecular formula is C12H17BrN2O. The lowest BCUT2D eigenvalue weighted by atomic mass is 10.2. The van der Waals surface area contributed by atoms with Gasteiger partial charge in [-0.2, -0.15) is 0 Å². The lowest BCUT2D eigenvalue weighted by Gasteiger charge is -2.29. The van der Waals surface area contributed by atoms with E-state index in [0.29, 0.717) is 12.6 Å². The molecule has 0 aliphatic heterocycles. The Morgan fingerprint density at radius 1 is 1.38 bits per heavy atom. The second-order valence-corrected chi connectivity index (χ2v) is 4.99. The largest absolute Gasteiger partial charge is 0.395 e. The fraction of sp³-hybridized carbons (Fsp3) is 0.583. The fourth-order valence-corrected chi connectivity index (χ4v) is 2.70. The molecule has 0 atom stereocenters. The van der Waals surface area contributed by atoms with Gasteiger partial charge in [0.1, 0.15) is 10.4 Å². The van der Waals surface area contributed by atoms with Gasteiger partial charge in [-0.05, 0) is 40.9 Å². The van der Waals surface area contributed by atoms with E-state index in [-0.39, 0.29) is 6.61 Å². The molecule has 16 heavy (non-hydrogen) atoms. The zero-order valence-electron chi connectivity index (χ0n) is 9.27. The Bertz CT molecular complexity index is 340. The van der Waals surface area contributed by atoms with E-state index in [1.54, 1.807) is 0 Å². The van der Waals surface area contributed by atoms with Gasteiger partial charge in [-0.25, -0.2) is 4.98 Å². The van der Waals surface area contributed by atoms with Crippen LogP contribution in [-0.2, 0) is 0 Å². The molecule has 1 heterocycles. The minimum absolute atomic E-state index is 0.185. The van der Waals surface area contributed by atoms with Crippen LogP contribution in [0.2, 0.25) is 0 Å². The monoisotopic (exact) mass is 284 g/mol. The van der Waals surface area contributed by atoms with E-state index in [9.17, 15) is 0 Å². The molecule has 4 heteroatoms. The van der Waals surface area contributed by atoms with Crippen molar-refractivity contribution in [2.75, 3.05) is 18.1 Å². The van der Waals surface area contributed by atoms with Gasteiger partial charge in [0.25, 0.3) is 0 Å². The van der Waals surface area contributed by atoms with Gasteiger partial charge >= 0.3 is 0 Å². The van der Waals surface area contributed by atoms with Crippen molar-refractivity contribution in [3.05, 3.63) is 22.8 Å². The second-order valence-electron chi connectivity index (χ2n) is 4.17. The van der Waals surface area contributed by atoms with Gasteiger partial charge < -0.3 is 10.0 Å². The Morgan fingerprint density at radius 2 is 2.12 bits per heavy atom. The van der Waals surface area contributed by atoms with Crippen molar-refractivity contribution >= 4 is 21.7 Å². The van der Waals surface area contributed by atoms with Crippen LogP contribution in [0.5, 0.6) is 0 Å². The zero-order chi connectivity index (χ0) is 11.4. The molecule has 0 saturated heterocycles. The first-order valence-corrected chi connectivity index (χ1v) is 6.60. The smallest absolute Gasteiger partial charge is 0.130 e. The molecule has 88 valence electrons. The molecule has 0 aromatic carbocycles. The third kappa shape index (κ3) is 2.74. The Balaban J connectivity index is 2.17. The Hall–Kier alpha value is -0.610. The average molecular weight is 285 g/mol. The van der Waals surface area contributed by atoms with Gasteiger partial charge in [-0.3, -0.25) is 0 Å². The van der Waals surface area contributed by atoms with Crippen molar-refractivity contribution in [3.8, 4) is 0 Å². The summed E-state index contributed by atoms with van der Waals surface area (Å²) < 4.78 is 0.853. The van der Waals surface area contributed by atoms with E-state index in [1.165, 1.54) is 25.7 Å². The highest BCUT2D eigenvalue weighted by Crippen LogP contribution is 2.27. The molecule has 1 N–H and O–H groups in total. The maximum Gasteiger partial charge on any atom is 0.130 e. The predicted octanol–water partition coefficient (Wildman–Crippen LogP) is 2.59. The molecular weight excluding hydrogens is 268 g/mol. The number of aliphatic hydroxyl groups is 1. The summed E-state index contributed by atoms with van der Waals surface area (Å²) in [5, 5.41) is 9.15. The topological polar surface area (TPSA) is 36.4 Å². The van der Waals surface area contributed by atoms with E-state index < -0.39 is 0 Å². The first kappa shape index (κ1) is 11.9. The molecule has 1 aromatic rings. The summed E-state index contributed by atoms with van der Waals surface area (Å²) in [5.41, 5.74) is 0. The quantitative estimate of drug-likeness (QED) is 0.864. The molecule has 1 fully saturated rings. The van der Waals surface area contributed by atoms with E-state index in [1.807, 2.05) is 18.2 Å². The van der Waals surface area contributed by atoms with Crippen LogP contribution in [0.3, 0.4) is 0 Å². The molecule has 0 radical (unpaired) electrons. The lowest BCUT2D eigenvalue weighted by molar-refractivity contribution is 0.297. The summed E-state index contributed by atoms with van der Waals surface area (Å²) in [7, 11) is 0. The van der Waals surface area contributed by atoms with Crippen LogP contribution in [0.15, 0.2) is 22.8 Å². The number of hydrogen-bond donors (Lipinski definition) is 1. The van der Waals surface area contributed by atoms with E-state index in [2.05, 4.69) is 25.8 Å².